The Morgan fingerprint density at radius 1 is 1.10 bits per heavy atom. The minimum atomic E-state index is 0.184. The third-order valence-corrected chi connectivity index (χ3v) is 6.06. The maximum atomic E-state index is 13.0. The van der Waals surface area contributed by atoms with E-state index in [0.717, 1.165) is 58.6 Å². The highest BCUT2D eigenvalue weighted by Crippen LogP contribution is 2.44. The maximum absolute atomic E-state index is 13.0. The van der Waals surface area contributed by atoms with Crippen molar-refractivity contribution in [3.8, 4) is 17.2 Å². The number of aromatic nitrogens is 2. The number of amides is 1. The Bertz CT molecular complexity index is 1060. The van der Waals surface area contributed by atoms with Crippen LogP contribution < -0.4 is 9.64 Å². The van der Waals surface area contributed by atoms with Crippen LogP contribution in [0.3, 0.4) is 0 Å². The molecule has 29 heavy (non-hydrogen) atoms. The van der Waals surface area contributed by atoms with Crippen molar-refractivity contribution >= 4 is 27.5 Å². The molecule has 2 aromatic carbocycles. The van der Waals surface area contributed by atoms with Crippen molar-refractivity contribution in [1.82, 2.24) is 9.78 Å². The van der Waals surface area contributed by atoms with Gasteiger partial charge in [-0.3, -0.25) is 4.79 Å². The molecule has 5 rings (SSSR count). The minimum absolute atomic E-state index is 0.184. The first-order valence-electron chi connectivity index (χ1n) is 10.0. The molecule has 1 aliphatic heterocycles. The fraction of sp³-hybridized carbons (Fsp3) is 0.304. The van der Waals surface area contributed by atoms with Crippen molar-refractivity contribution in [3.63, 3.8) is 0 Å². The van der Waals surface area contributed by atoms with Crippen molar-refractivity contribution in [2.24, 2.45) is 5.92 Å². The summed E-state index contributed by atoms with van der Waals surface area (Å²) in [6.07, 6.45) is 7.47. The Hall–Kier alpha value is -2.60. The average Bonchev–Trinajstić information content (AvgIpc) is 3.49. The zero-order valence-electron chi connectivity index (χ0n) is 16.2. The summed E-state index contributed by atoms with van der Waals surface area (Å²) in [6.45, 7) is 2.14. The van der Waals surface area contributed by atoms with Crippen molar-refractivity contribution in [2.45, 2.75) is 38.6 Å². The molecule has 0 bridgehead atoms. The van der Waals surface area contributed by atoms with E-state index in [1.165, 1.54) is 0 Å². The predicted molar refractivity (Wildman–Crippen MR) is 116 cm³/mol. The van der Waals surface area contributed by atoms with Gasteiger partial charge in [0.05, 0.1) is 16.4 Å². The number of carbonyl (C=O) groups excluding carboxylic acids is 1. The summed E-state index contributed by atoms with van der Waals surface area (Å²) in [5.41, 5.74) is 2.92. The van der Waals surface area contributed by atoms with Gasteiger partial charge in [-0.1, -0.05) is 18.2 Å². The summed E-state index contributed by atoms with van der Waals surface area (Å²) in [4.78, 5) is 15.0. The Labute approximate surface area is 178 Å². The number of benzene rings is 2. The molecule has 1 aromatic heterocycles. The molecule has 2 aliphatic rings. The summed E-state index contributed by atoms with van der Waals surface area (Å²) in [5.74, 6) is 1.97. The van der Waals surface area contributed by atoms with Crippen LogP contribution in [0.1, 0.15) is 31.7 Å². The lowest BCUT2D eigenvalue weighted by Crippen LogP contribution is -2.43. The van der Waals surface area contributed by atoms with Gasteiger partial charge in [-0.25, -0.2) is 4.68 Å². The zero-order valence-corrected chi connectivity index (χ0v) is 17.8. The summed E-state index contributed by atoms with van der Waals surface area (Å²) in [7, 11) is 0. The molecule has 148 valence electrons. The van der Waals surface area contributed by atoms with Gasteiger partial charge in [0.15, 0.2) is 5.75 Å². The van der Waals surface area contributed by atoms with E-state index in [0.29, 0.717) is 0 Å². The van der Waals surface area contributed by atoms with Crippen LogP contribution in [-0.4, -0.2) is 21.7 Å². The number of para-hydroxylation sites is 1. The van der Waals surface area contributed by atoms with E-state index >= 15 is 0 Å². The van der Waals surface area contributed by atoms with Crippen LogP contribution in [0.15, 0.2) is 59.3 Å². The summed E-state index contributed by atoms with van der Waals surface area (Å²) in [6, 6.07) is 14.0. The Morgan fingerprint density at radius 3 is 2.55 bits per heavy atom. The fourth-order valence-corrected chi connectivity index (χ4v) is 4.27. The third-order valence-electron chi connectivity index (χ3n) is 5.65. The SMILES string of the molecule is CC1CCc2c(ccc(-n3cc(Br)cn3)c2Oc2ccccc2)N1C(=O)C1CC1. The number of halogens is 1. The van der Waals surface area contributed by atoms with E-state index in [4.69, 9.17) is 4.74 Å². The number of ether oxygens (including phenoxy) is 1. The number of rotatable bonds is 4. The van der Waals surface area contributed by atoms with Crippen LogP contribution >= 0.6 is 15.9 Å². The predicted octanol–water partition coefficient (Wildman–Crippen LogP) is 5.50. The molecular formula is C23H22BrN3O2. The van der Waals surface area contributed by atoms with Crippen LogP contribution in [0.25, 0.3) is 5.69 Å². The van der Waals surface area contributed by atoms with Crippen molar-refractivity contribution in [2.75, 3.05) is 4.90 Å². The van der Waals surface area contributed by atoms with Crippen LogP contribution in [0.5, 0.6) is 11.5 Å². The quantitative estimate of drug-likeness (QED) is 0.525. The molecule has 1 atom stereocenters. The zero-order chi connectivity index (χ0) is 20.0. The van der Waals surface area contributed by atoms with E-state index in [9.17, 15) is 4.79 Å². The highest BCUT2D eigenvalue weighted by Gasteiger charge is 2.39. The van der Waals surface area contributed by atoms with Crippen LogP contribution in [-0.2, 0) is 11.2 Å². The lowest BCUT2D eigenvalue weighted by Gasteiger charge is -2.36. The van der Waals surface area contributed by atoms with Crippen LogP contribution in [0.2, 0.25) is 0 Å². The van der Waals surface area contributed by atoms with Gasteiger partial charge in [-0.2, -0.15) is 5.10 Å². The molecule has 0 saturated heterocycles. The van der Waals surface area contributed by atoms with E-state index < -0.39 is 0 Å². The molecule has 6 heteroatoms. The molecule has 1 amide bonds. The van der Waals surface area contributed by atoms with Crippen LogP contribution in [0.4, 0.5) is 5.69 Å². The van der Waals surface area contributed by atoms with E-state index in [2.05, 4.69) is 28.0 Å². The second-order valence-corrected chi connectivity index (χ2v) is 8.72. The molecule has 1 fully saturated rings. The van der Waals surface area contributed by atoms with Gasteiger partial charge in [0.1, 0.15) is 11.4 Å². The molecule has 5 nitrogen and oxygen atoms in total. The number of hydrogen-bond donors (Lipinski definition) is 0. The fourth-order valence-electron chi connectivity index (χ4n) is 3.99. The molecule has 1 saturated carbocycles. The molecular weight excluding hydrogens is 430 g/mol. The second kappa shape index (κ2) is 7.34. The number of hydrogen-bond acceptors (Lipinski definition) is 3. The normalized spacial score (nSPS) is 18.4. The lowest BCUT2D eigenvalue weighted by molar-refractivity contribution is -0.120. The maximum Gasteiger partial charge on any atom is 0.230 e. The number of fused-ring (bicyclic) bond motifs is 1. The second-order valence-electron chi connectivity index (χ2n) is 7.80. The summed E-state index contributed by atoms with van der Waals surface area (Å²) < 4.78 is 9.11. The van der Waals surface area contributed by atoms with Gasteiger partial charge in [0, 0.05) is 23.7 Å². The molecule has 3 aromatic rings. The minimum Gasteiger partial charge on any atom is -0.455 e. The molecule has 1 aliphatic carbocycles. The van der Waals surface area contributed by atoms with Crippen LogP contribution in [0, 0.1) is 5.92 Å². The van der Waals surface area contributed by atoms with Crippen molar-refractivity contribution < 1.29 is 9.53 Å². The van der Waals surface area contributed by atoms with E-state index in [-0.39, 0.29) is 17.9 Å². The molecule has 2 heterocycles. The number of anilines is 1. The molecule has 1 unspecified atom stereocenters. The average molecular weight is 452 g/mol. The molecule has 0 spiro atoms. The Balaban J connectivity index is 1.65. The molecule has 0 N–H and O–H groups in total. The number of nitrogens with zero attached hydrogens (tertiary/aromatic N) is 3. The van der Waals surface area contributed by atoms with Gasteiger partial charge >= 0.3 is 0 Å². The van der Waals surface area contributed by atoms with Gasteiger partial charge in [-0.05, 0) is 72.8 Å². The van der Waals surface area contributed by atoms with E-state index in [1.807, 2.05) is 58.2 Å². The summed E-state index contributed by atoms with van der Waals surface area (Å²) in [5, 5.41) is 4.45. The first-order valence-corrected chi connectivity index (χ1v) is 10.8. The third kappa shape index (κ3) is 3.46. The first kappa shape index (κ1) is 18.4. The van der Waals surface area contributed by atoms with Gasteiger partial charge in [0.2, 0.25) is 5.91 Å². The highest BCUT2D eigenvalue weighted by molar-refractivity contribution is 9.10. The van der Waals surface area contributed by atoms with Gasteiger partial charge in [-0.15, -0.1) is 0 Å². The summed E-state index contributed by atoms with van der Waals surface area (Å²) >= 11 is 3.48. The van der Waals surface area contributed by atoms with Crippen molar-refractivity contribution in [1.29, 1.82) is 0 Å². The standard InChI is InChI=1S/C23H22BrN3O2/c1-15-7-10-19-20(27(15)23(28)16-8-9-16)11-12-21(26-14-17(24)13-25-26)22(19)29-18-5-3-2-4-6-18/h2-6,11-16H,7-10H2,1H3. The Morgan fingerprint density at radius 2 is 1.86 bits per heavy atom. The monoisotopic (exact) mass is 451 g/mol. The first-order chi connectivity index (χ1) is 14.1. The lowest BCUT2D eigenvalue weighted by atomic mass is 9.94. The van der Waals surface area contributed by atoms with Gasteiger partial charge in [0.25, 0.3) is 0 Å². The molecule has 0 radical (unpaired) electrons. The topological polar surface area (TPSA) is 47.4 Å². The smallest absolute Gasteiger partial charge is 0.230 e. The highest BCUT2D eigenvalue weighted by atomic mass is 79.9. The Kier molecular flexibility index (Phi) is 4.66. The van der Waals surface area contributed by atoms with Gasteiger partial charge < -0.3 is 9.64 Å². The van der Waals surface area contributed by atoms with Crippen molar-refractivity contribution in [3.05, 3.63) is 64.9 Å². The number of carbonyl (C=O) groups is 1. The largest absolute Gasteiger partial charge is 0.455 e. The van der Waals surface area contributed by atoms with E-state index in [1.54, 1.807) is 6.20 Å².